The van der Waals surface area contributed by atoms with E-state index in [2.05, 4.69) is 11.8 Å². The third-order valence-electron chi connectivity index (χ3n) is 1.20. The molecule has 0 aliphatic carbocycles. The molecule has 0 fully saturated rings. The summed E-state index contributed by atoms with van der Waals surface area (Å²) in [7, 11) is 0. The van der Waals surface area contributed by atoms with E-state index in [1.165, 1.54) is 6.26 Å². The fraction of sp³-hybridized carbons (Fsp3) is 0.222. The van der Waals surface area contributed by atoms with Crippen LogP contribution in [0.2, 0.25) is 0 Å². The highest BCUT2D eigenvalue weighted by atomic mass is 16.4. The molecule has 1 aromatic rings. The molecule has 0 bridgehead atoms. The number of furan rings is 1. The highest BCUT2D eigenvalue weighted by Crippen LogP contribution is 1.96. The van der Waals surface area contributed by atoms with Gasteiger partial charge in [0.15, 0.2) is 5.76 Å². The Hall–Kier alpha value is -1.69. The summed E-state index contributed by atoms with van der Waals surface area (Å²) in [4.78, 5) is 10.1. The standard InChI is InChI=1S/C9H8O3/c10-9(11)6-2-1-4-8-5-3-7-12-8/h3,5,7H,2,6H2,(H,10,11). The maximum Gasteiger partial charge on any atom is 0.304 e. The molecule has 0 saturated carbocycles. The summed E-state index contributed by atoms with van der Waals surface area (Å²) in [6.45, 7) is 0. The van der Waals surface area contributed by atoms with Crippen LogP contribution >= 0.6 is 0 Å². The normalized spacial score (nSPS) is 8.67. The van der Waals surface area contributed by atoms with E-state index < -0.39 is 5.97 Å². The molecule has 0 unspecified atom stereocenters. The van der Waals surface area contributed by atoms with Gasteiger partial charge < -0.3 is 9.52 Å². The van der Waals surface area contributed by atoms with Gasteiger partial charge in [-0.3, -0.25) is 4.79 Å². The van der Waals surface area contributed by atoms with Crippen LogP contribution in [0.4, 0.5) is 0 Å². The van der Waals surface area contributed by atoms with Crippen LogP contribution in [0, 0.1) is 11.8 Å². The van der Waals surface area contributed by atoms with Gasteiger partial charge in [0.25, 0.3) is 0 Å². The van der Waals surface area contributed by atoms with Crippen LogP contribution in [0.3, 0.4) is 0 Å². The Morgan fingerprint density at radius 1 is 1.67 bits per heavy atom. The number of rotatable bonds is 2. The number of hydrogen-bond donors (Lipinski definition) is 1. The van der Waals surface area contributed by atoms with Crippen molar-refractivity contribution in [3.8, 4) is 11.8 Å². The van der Waals surface area contributed by atoms with Crippen molar-refractivity contribution in [1.82, 2.24) is 0 Å². The first-order chi connectivity index (χ1) is 5.79. The first-order valence-electron chi connectivity index (χ1n) is 3.53. The van der Waals surface area contributed by atoms with Crippen LogP contribution < -0.4 is 0 Å². The molecule has 62 valence electrons. The molecule has 3 heteroatoms. The van der Waals surface area contributed by atoms with E-state index in [0.29, 0.717) is 12.2 Å². The molecule has 0 aliphatic heterocycles. The predicted molar refractivity (Wildman–Crippen MR) is 42.5 cm³/mol. The second kappa shape index (κ2) is 4.24. The fourth-order valence-corrected chi connectivity index (χ4v) is 0.669. The Balaban J connectivity index is 2.35. The molecule has 0 atom stereocenters. The van der Waals surface area contributed by atoms with Gasteiger partial charge in [-0.2, -0.15) is 0 Å². The third-order valence-corrected chi connectivity index (χ3v) is 1.20. The summed E-state index contributed by atoms with van der Waals surface area (Å²) < 4.78 is 4.92. The minimum Gasteiger partial charge on any atom is -0.481 e. The molecule has 12 heavy (non-hydrogen) atoms. The SMILES string of the molecule is O=C(O)CCC#Cc1ccco1. The molecule has 1 rings (SSSR count). The Bertz CT molecular complexity index is 300. The molecule has 0 radical (unpaired) electrons. The van der Waals surface area contributed by atoms with Gasteiger partial charge in [-0.05, 0) is 18.1 Å². The summed E-state index contributed by atoms with van der Waals surface area (Å²) in [5, 5.41) is 8.28. The molecule has 0 amide bonds. The van der Waals surface area contributed by atoms with Gasteiger partial charge in [0.05, 0.1) is 12.7 Å². The van der Waals surface area contributed by atoms with Crippen molar-refractivity contribution < 1.29 is 14.3 Å². The van der Waals surface area contributed by atoms with E-state index in [1.54, 1.807) is 12.1 Å². The van der Waals surface area contributed by atoms with Crippen molar-refractivity contribution >= 4 is 5.97 Å². The van der Waals surface area contributed by atoms with Gasteiger partial charge >= 0.3 is 5.97 Å². The van der Waals surface area contributed by atoms with Gasteiger partial charge in [-0.15, -0.1) is 0 Å². The predicted octanol–water partition coefficient (Wildman–Crippen LogP) is 1.50. The van der Waals surface area contributed by atoms with Gasteiger partial charge in [0.1, 0.15) is 0 Å². The summed E-state index contributed by atoms with van der Waals surface area (Å²) in [5.41, 5.74) is 0. The fourth-order valence-electron chi connectivity index (χ4n) is 0.669. The summed E-state index contributed by atoms with van der Waals surface area (Å²) in [6, 6.07) is 3.47. The summed E-state index contributed by atoms with van der Waals surface area (Å²) in [6.07, 6.45) is 1.96. The van der Waals surface area contributed by atoms with Gasteiger partial charge in [0, 0.05) is 6.42 Å². The lowest BCUT2D eigenvalue weighted by atomic mass is 10.3. The van der Waals surface area contributed by atoms with Crippen molar-refractivity contribution in [3.05, 3.63) is 24.2 Å². The molecule has 0 aromatic carbocycles. The minimum atomic E-state index is -0.830. The van der Waals surface area contributed by atoms with Crippen LogP contribution in [0.15, 0.2) is 22.8 Å². The Kier molecular flexibility index (Phi) is 2.97. The van der Waals surface area contributed by atoms with Crippen LogP contribution in [0.5, 0.6) is 0 Å². The average molecular weight is 164 g/mol. The molecular formula is C9H8O3. The van der Waals surface area contributed by atoms with Crippen LogP contribution in [-0.2, 0) is 4.79 Å². The quantitative estimate of drug-likeness (QED) is 0.674. The van der Waals surface area contributed by atoms with Crippen LogP contribution in [-0.4, -0.2) is 11.1 Å². The number of carboxylic acids is 1. The van der Waals surface area contributed by atoms with Crippen LogP contribution in [0.25, 0.3) is 0 Å². The van der Waals surface area contributed by atoms with E-state index in [4.69, 9.17) is 9.52 Å². The van der Waals surface area contributed by atoms with Gasteiger partial charge in [-0.25, -0.2) is 0 Å². The first kappa shape index (κ1) is 8.41. The van der Waals surface area contributed by atoms with E-state index in [1.807, 2.05) is 0 Å². The third kappa shape index (κ3) is 2.93. The number of aliphatic carboxylic acids is 1. The highest BCUT2D eigenvalue weighted by molar-refractivity contribution is 5.67. The maximum absolute atomic E-state index is 10.1. The van der Waals surface area contributed by atoms with E-state index >= 15 is 0 Å². The monoisotopic (exact) mass is 164 g/mol. The van der Waals surface area contributed by atoms with Gasteiger partial charge in [0.2, 0.25) is 0 Å². The van der Waals surface area contributed by atoms with Crippen molar-refractivity contribution in [1.29, 1.82) is 0 Å². The van der Waals surface area contributed by atoms with Crippen molar-refractivity contribution in [2.75, 3.05) is 0 Å². The molecule has 0 aliphatic rings. The highest BCUT2D eigenvalue weighted by Gasteiger charge is 1.91. The molecule has 3 nitrogen and oxygen atoms in total. The zero-order chi connectivity index (χ0) is 8.81. The molecule has 1 aromatic heterocycles. The zero-order valence-electron chi connectivity index (χ0n) is 6.41. The lowest BCUT2D eigenvalue weighted by Gasteiger charge is -1.82. The van der Waals surface area contributed by atoms with Gasteiger partial charge in [-0.1, -0.05) is 5.92 Å². The van der Waals surface area contributed by atoms with Crippen molar-refractivity contribution in [2.45, 2.75) is 12.8 Å². The molecule has 0 spiro atoms. The maximum atomic E-state index is 10.1. The first-order valence-corrected chi connectivity index (χ1v) is 3.53. The van der Waals surface area contributed by atoms with E-state index in [0.717, 1.165) is 0 Å². The molecular weight excluding hydrogens is 156 g/mol. The van der Waals surface area contributed by atoms with E-state index in [-0.39, 0.29) is 6.42 Å². The molecule has 1 heterocycles. The number of hydrogen-bond acceptors (Lipinski definition) is 2. The number of carboxylic acid groups (broad SMARTS) is 1. The second-order valence-corrected chi connectivity index (χ2v) is 2.17. The smallest absolute Gasteiger partial charge is 0.304 e. The topological polar surface area (TPSA) is 50.4 Å². The summed E-state index contributed by atoms with van der Waals surface area (Å²) in [5.74, 6) is 5.13. The summed E-state index contributed by atoms with van der Waals surface area (Å²) >= 11 is 0. The van der Waals surface area contributed by atoms with Crippen LogP contribution in [0.1, 0.15) is 18.6 Å². The Labute approximate surface area is 70.0 Å². The lowest BCUT2D eigenvalue weighted by Crippen LogP contribution is -1.91. The Morgan fingerprint density at radius 2 is 2.50 bits per heavy atom. The second-order valence-electron chi connectivity index (χ2n) is 2.17. The molecule has 1 N–H and O–H groups in total. The largest absolute Gasteiger partial charge is 0.481 e. The lowest BCUT2D eigenvalue weighted by molar-refractivity contribution is -0.136. The van der Waals surface area contributed by atoms with Crippen molar-refractivity contribution in [2.24, 2.45) is 0 Å². The van der Waals surface area contributed by atoms with Crippen molar-refractivity contribution in [3.63, 3.8) is 0 Å². The Morgan fingerprint density at radius 3 is 3.08 bits per heavy atom. The zero-order valence-corrected chi connectivity index (χ0v) is 6.41. The number of carbonyl (C=O) groups is 1. The van der Waals surface area contributed by atoms with E-state index in [9.17, 15) is 4.79 Å². The molecule has 0 saturated heterocycles. The minimum absolute atomic E-state index is 0.0771. The average Bonchev–Trinajstić information content (AvgIpc) is 2.49.